The van der Waals surface area contributed by atoms with E-state index in [0.717, 1.165) is 5.56 Å². The molecule has 168 valence electrons. The van der Waals surface area contributed by atoms with Crippen LogP contribution in [-0.2, 0) is 4.79 Å². The Morgan fingerprint density at radius 2 is 1.82 bits per heavy atom. The van der Waals surface area contributed by atoms with Crippen LogP contribution in [0.5, 0.6) is 5.75 Å². The van der Waals surface area contributed by atoms with E-state index in [9.17, 15) is 18.8 Å². The Kier molecular flexibility index (Phi) is 6.64. The van der Waals surface area contributed by atoms with Crippen molar-refractivity contribution in [3.05, 3.63) is 77.3 Å². The van der Waals surface area contributed by atoms with Crippen molar-refractivity contribution in [3.63, 3.8) is 0 Å². The van der Waals surface area contributed by atoms with Gasteiger partial charge in [-0.15, -0.1) is 0 Å². The molecule has 0 N–H and O–H groups in total. The van der Waals surface area contributed by atoms with E-state index >= 15 is 0 Å². The Morgan fingerprint density at radius 1 is 1.09 bits per heavy atom. The maximum absolute atomic E-state index is 13.6. The number of amides is 1. The summed E-state index contributed by atoms with van der Waals surface area (Å²) in [6, 6.07) is 13.9. The first-order chi connectivity index (χ1) is 16.0. The van der Waals surface area contributed by atoms with Gasteiger partial charge in [0.15, 0.2) is 18.2 Å². The molecule has 0 radical (unpaired) electrons. The lowest BCUT2D eigenvalue weighted by atomic mass is 10.2. The summed E-state index contributed by atoms with van der Waals surface area (Å²) < 4.78 is 37.7. The van der Waals surface area contributed by atoms with Crippen LogP contribution in [0, 0.1) is 23.0 Å². The van der Waals surface area contributed by atoms with E-state index in [1.165, 1.54) is 24.3 Å². The highest BCUT2D eigenvalue weighted by Gasteiger charge is 2.26. The van der Waals surface area contributed by atoms with Crippen molar-refractivity contribution >= 4 is 23.9 Å². The van der Waals surface area contributed by atoms with Crippen molar-refractivity contribution in [2.24, 2.45) is 0 Å². The van der Waals surface area contributed by atoms with E-state index in [-0.39, 0.29) is 35.7 Å². The average molecular weight is 450 g/mol. The summed E-state index contributed by atoms with van der Waals surface area (Å²) in [5.41, 5.74) is 0.913. The van der Waals surface area contributed by atoms with Crippen LogP contribution in [-0.4, -0.2) is 48.6 Å². The summed E-state index contributed by atoms with van der Waals surface area (Å²) in [4.78, 5) is 20.1. The molecule has 9 heteroatoms. The highest BCUT2D eigenvalue weighted by molar-refractivity contribution is 5.78. The van der Waals surface area contributed by atoms with E-state index in [2.05, 4.69) is 4.98 Å². The van der Waals surface area contributed by atoms with Crippen molar-refractivity contribution in [1.29, 1.82) is 5.26 Å². The molecular weight excluding hydrogens is 430 g/mol. The summed E-state index contributed by atoms with van der Waals surface area (Å²) >= 11 is 0. The Labute approximate surface area is 189 Å². The third kappa shape index (κ3) is 5.36. The van der Waals surface area contributed by atoms with Crippen LogP contribution in [0.25, 0.3) is 12.2 Å². The fourth-order valence-corrected chi connectivity index (χ4v) is 3.38. The van der Waals surface area contributed by atoms with Gasteiger partial charge in [0.2, 0.25) is 17.5 Å². The molecule has 1 fully saturated rings. The highest BCUT2D eigenvalue weighted by atomic mass is 19.1. The Bertz CT molecular complexity index is 1190. The number of oxazole rings is 1. The number of aromatic nitrogens is 1. The normalized spacial score (nSPS) is 13.8. The van der Waals surface area contributed by atoms with Crippen molar-refractivity contribution in [2.45, 2.75) is 0 Å². The van der Waals surface area contributed by atoms with Gasteiger partial charge in [-0.25, -0.2) is 8.78 Å². The van der Waals surface area contributed by atoms with Gasteiger partial charge in [0.1, 0.15) is 11.9 Å². The molecule has 4 rings (SSSR count). The minimum Gasteiger partial charge on any atom is -0.481 e. The number of para-hydroxylation sites is 1. The quantitative estimate of drug-likeness (QED) is 0.569. The monoisotopic (exact) mass is 450 g/mol. The molecule has 0 unspecified atom stereocenters. The largest absolute Gasteiger partial charge is 0.481 e. The molecule has 7 nitrogen and oxygen atoms in total. The van der Waals surface area contributed by atoms with Crippen molar-refractivity contribution in [3.8, 4) is 11.8 Å². The van der Waals surface area contributed by atoms with Gasteiger partial charge in [-0.3, -0.25) is 4.79 Å². The number of nitriles is 1. The highest BCUT2D eigenvalue weighted by Crippen LogP contribution is 2.24. The molecule has 3 aromatic rings. The van der Waals surface area contributed by atoms with Crippen molar-refractivity contribution in [1.82, 2.24) is 9.88 Å². The van der Waals surface area contributed by atoms with Crippen LogP contribution in [0.3, 0.4) is 0 Å². The Balaban J connectivity index is 1.35. The van der Waals surface area contributed by atoms with Gasteiger partial charge in [0, 0.05) is 32.3 Å². The summed E-state index contributed by atoms with van der Waals surface area (Å²) in [6.45, 7) is 1.41. The molecule has 0 aliphatic carbocycles. The van der Waals surface area contributed by atoms with Crippen LogP contribution in [0.2, 0.25) is 0 Å². The van der Waals surface area contributed by atoms with E-state index in [4.69, 9.17) is 9.15 Å². The summed E-state index contributed by atoms with van der Waals surface area (Å²) in [7, 11) is 0. The second kappa shape index (κ2) is 9.96. The number of halogens is 2. The average Bonchev–Trinajstić information content (AvgIpc) is 3.26. The third-order valence-corrected chi connectivity index (χ3v) is 5.13. The molecular formula is C24H20F2N4O3. The van der Waals surface area contributed by atoms with Gasteiger partial charge in [-0.05, 0) is 35.9 Å². The molecule has 0 saturated carbocycles. The van der Waals surface area contributed by atoms with Crippen LogP contribution >= 0.6 is 0 Å². The number of ether oxygens (including phenoxy) is 1. The van der Waals surface area contributed by atoms with E-state index in [1.807, 2.05) is 11.0 Å². The first-order valence-electron chi connectivity index (χ1n) is 10.3. The predicted octanol–water partition coefficient (Wildman–Crippen LogP) is 3.72. The van der Waals surface area contributed by atoms with Crippen LogP contribution in [0.1, 0.15) is 17.1 Å². The third-order valence-electron chi connectivity index (χ3n) is 5.13. The molecule has 2 aromatic carbocycles. The van der Waals surface area contributed by atoms with E-state index in [0.29, 0.717) is 32.1 Å². The number of benzene rings is 2. The van der Waals surface area contributed by atoms with Crippen molar-refractivity contribution < 1.29 is 22.7 Å². The number of nitrogens with zero attached hydrogens (tertiary/aromatic N) is 4. The smallest absolute Gasteiger partial charge is 0.260 e. The zero-order chi connectivity index (χ0) is 23.2. The van der Waals surface area contributed by atoms with Gasteiger partial charge in [0.25, 0.3) is 5.91 Å². The minimum atomic E-state index is -0.520. The second-order valence-corrected chi connectivity index (χ2v) is 7.29. The number of hydrogen-bond donors (Lipinski definition) is 0. The lowest BCUT2D eigenvalue weighted by Gasteiger charge is -2.34. The fraction of sp³-hybridized carbons (Fsp3) is 0.208. The van der Waals surface area contributed by atoms with Crippen LogP contribution in [0.4, 0.5) is 14.7 Å². The molecule has 1 amide bonds. The molecule has 33 heavy (non-hydrogen) atoms. The van der Waals surface area contributed by atoms with Gasteiger partial charge in [0.05, 0.1) is 0 Å². The molecule has 1 aliphatic heterocycles. The van der Waals surface area contributed by atoms with Crippen LogP contribution in [0.15, 0.2) is 52.9 Å². The summed E-state index contributed by atoms with van der Waals surface area (Å²) in [5.74, 6) is -0.471. The summed E-state index contributed by atoms with van der Waals surface area (Å²) in [5, 5.41) is 9.44. The number of carbonyl (C=O) groups is 1. The van der Waals surface area contributed by atoms with Crippen LogP contribution < -0.4 is 9.64 Å². The standard InChI is InChI=1S/C24H20F2N4O3/c25-18-8-5-17(6-9-18)7-10-22-28-20(15-27)24(33-22)30-13-11-29(12-14-30)23(31)16-32-21-4-2-1-3-19(21)26/h1-10H,11-14,16H2. The predicted molar refractivity (Wildman–Crippen MR) is 117 cm³/mol. The van der Waals surface area contributed by atoms with Gasteiger partial charge in [-0.2, -0.15) is 10.2 Å². The zero-order valence-electron chi connectivity index (χ0n) is 17.6. The lowest BCUT2D eigenvalue weighted by Crippen LogP contribution is -2.50. The number of piperazine rings is 1. The molecule has 0 atom stereocenters. The second-order valence-electron chi connectivity index (χ2n) is 7.29. The van der Waals surface area contributed by atoms with E-state index in [1.54, 1.807) is 41.3 Å². The first-order valence-corrected chi connectivity index (χ1v) is 10.3. The molecule has 0 spiro atoms. The summed E-state index contributed by atoms with van der Waals surface area (Å²) in [6.07, 6.45) is 3.32. The molecule has 1 aromatic heterocycles. The van der Waals surface area contributed by atoms with Gasteiger partial charge < -0.3 is 19.0 Å². The lowest BCUT2D eigenvalue weighted by molar-refractivity contribution is -0.133. The number of carbonyl (C=O) groups excluding carboxylic acids is 1. The number of anilines is 1. The molecule has 1 saturated heterocycles. The maximum atomic E-state index is 13.6. The molecule has 2 heterocycles. The minimum absolute atomic E-state index is 0.0334. The maximum Gasteiger partial charge on any atom is 0.260 e. The zero-order valence-corrected chi connectivity index (χ0v) is 17.6. The SMILES string of the molecule is N#Cc1nc(C=Cc2ccc(F)cc2)oc1N1CCN(C(=O)COc2ccccc2F)CC1. The fourth-order valence-electron chi connectivity index (χ4n) is 3.38. The van der Waals surface area contributed by atoms with Gasteiger partial charge >= 0.3 is 0 Å². The molecule has 0 bridgehead atoms. The topological polar surface area (TPSA) is 82.6 Å². The number of hydrogen-bond acceptors (Lipinski definition) is 6. The van der Waals surface area contributed by atoms with Crippen molar-refractivity contribution in [2.75, 3.05) is 37.7 Å². The number of rotatable bonds is 6. The molecule has 1 aliphatic rings. The Morgan fingerprint density at radius 3 is 2.52 bits per heavy atom. The first kappa shape index (κ1) is 22.0. The van der Waals surface area contributed by atoms with E-state index < -0.39 is 5.82 Å². The Hall–Kier alpha value is -4.19. The van der Waals surface area contributed by atoms with Gasteiger partial charge in [-0.1, -0.05) is 24.3 Å².